The molecule has 1 nitrogen and oxygen atoms in total. The van der Waals surface area contributed by atoms with Crippen LogP contribution < -0.4 is 0 Å². The average molecular weight is 153 g/mol. The van der Waals surface area contributed by atoms with E-state index in [1.165, 1.54) is 19.3 Å². The van der Waals surface area contributed by atoms with Crippen molar-refractivity contribution in [3.8, 4) is 0 Å². The van der Waals surface area contributed by atoms with Crippen LogP contribution in [0.4, 0.5) is 0 Å². The van der Waals surface area contributed by atoms with E-state index in [4.69, 9.17) is 0 Å². The summed E-state index contributed by atoms with van der Waals surface area (Å²) in [5, 5.41) is 0. The summed E-state index contributed by atoms with van der Waals surface area (Å²) < 4.78 is 0. The minimum absolute atomic E-state index is 0.483. The molecule has 0 radical (unpaired) electrons. The van der Waals surface area contributed by atoms with Crippen molar-refractivity contribution < 1.29 is 0 Å². The molecule has 0 aromatic carbocycles. The molecule has 1 rings (SSSR count). The predicted octanol–water partition coefficient (Wildman–Crippen LogP) is 2.64. The van der Waals surface area contributed by atoms with E-state index in [0.717, 1.165) is 5.92 Å². The van der Waals surface area contributed by atoms with Crippen molar-refractivity contribution in [1.82, 2.24) is 4.90 Å². The fraction of sp³-hybridized carbons (Fsp3) is 0.800. The lowest BCUT2D eigenvalue weighted by atomic mass is 10.1. The van der Waals surface area contributed by atoms with Crippen LogP contribution in [0.2, 0.25) is 0 Å². The predicted molar refractivity (Wildman–Crippen MR) is 49.4 cm³/mol. The second-order valence-corrected chi connectivity index (χ2v) is 3.56. The largest absolute Gasteiger partial charge is 0.375 e. The Balaban J connectivity index is 2.58. The summed E-state index contributed by atoms with van der Waals surface area (Å²) in [5.41, 5.74) is 0.483. The molecule has 1 heteroatoms. The monoisotopic (exact) mass is 153 g/mol. The summed E-state index contributed by atoms with van der Waals surface area (Å²) in [7, 11) is 2.14. The van der Waals surface area contributed by atoms with Crippen molar-refractivity contribution >= 4 is 0 Å². The van der Waals surface area contributed by atoms with E-state index in [2.05, 4.69) is 32.4 Å². The maximum Gasteiger partial charge on any atom is 0.0423 e. The van der Waals surface area contributed by atoms with Crippen molar-refractivity contribution in [2.45, 2.75) is 38.6 Å². The van der Waals surface area contributed by atoms with Gasteiger partial charge in [0.15, 0.2) is 0 Å². The summed E-state index contributed by atoms with van der Waals surface area (Å²) in [6.07, 6.45) is 5.89. The smallest absolute Gasteiger partial charge is 0.0423 e. The third-order valence-electron chi connectivity index (χ3n) is 3.28. The number of hydrogen-bond donors (Lipinski definition) is 0. The van der Waals surface area contributed by atoms with E-state index in [0.29, 0.717) is 5.54 Å². The summed E-state index contributed by atoms with van der Waals surface area (Å²) in [6, 6.07) is 0. The fourth-order valence-corrected chi connectivity index (χ4v) is 2.19. The molecule has 1 fully saturated rings. The van der Waals surface area contributed by atoms with Crippen LogP contribution in [0.1, 0.15) is 33.1 Å². The van der Waals surface area contributed by atoms with Crippen molar-refractivity contribution in [2.75, 3.05) is 7.05 Å². The zero-order valence-electron chi connectivity index (χ0n) is 7.93. The van der Waals surface area contributed by atoms with Crippen LogP contribution in [-0.2, 0) is 0 Å². The molecule has 11 heavy (non-hydrogen) atoms. The summed E-state index contributed by atoms with van der Waals surface area (Å²) in [4.78, 5) is 2.29. The van der Waals surface area contributed by atoms with Crippen LogP contribution in [0, 0.1) is 5.92 Å². The lowest BCUT2D eigenvalue weighted by molar-refractivity contribution is 0.272. The fourth-order valence-electron chi connectivity index (χ4n) is 2.19. The third kappa shape index (κ3) is 1.17. The summed E-state index contributed by atoms with van der Waals surface area (Å²) in [5.74, 6) is 0.912. The normalized spacial score (nSPS) is 35.0. The van der Waals surface area contributed by atoms with Crippen molar-refractivity contribution in [3.05, 3.63) is 12.8 Å². The molecule has 0 aromatic rings. The van der Waals surface area contributed by atoms with E-state index in [9.17, 15) is 0 Å². The van der Waals surface area contributed by atoms with Crippen LogP contribution in [0.3, 0.4) is 0 Å². The lowest BCUT2D eigenvalue weighted by Crippen LogP contribution is -2.30. The van der Waals surface area contributed by atoms with E-state index in [1.54, 1.807) is 0 Å². The van der Waals surface area contributed by atoms with Crippen LogP contribution in [-0.4, -0.2) is 17.5 Å². The standard InChI is InChI=1S/C10H19N/c1-5-9-8-10(9,6-2)11(4)7-3/h7,9H,3,5-6,8H2,1-2,4H3. The maximum absolute atomic E-state index is 3.81. The van der Waals surface area contributed by atoms with E-state index < -0.39 is 0 Å². The first-order valence-corrected chi connectivity index (χ1v) is 4.56. The van der Waals surface area contributed by atoms with E-state index >= 15 is 0 Å². The number of nitrogens with zero attached hydrogens (tertiary/aromatic N) is 1. The molecule has 64 valence electrons. The van der Waals surface area contributed by atoms with Gasteiger partial charge in [0.2, 0.25) is 0 Å². The van der Waals surface area contributed by atoms with Gasteiger partial charge in [0, 0.05) is 12.6 Å². The highest BCUT2D eigenvalue weighted by Gasteiger charge is 2.53. The Morgan fingerprint density at radius 1 is 1.64 bits per heavy atom. The Bertz CT molecular complexity index is 153. The zero-order chi connectivity index (χ0) is 8.48. The molecule has 0 heterocycles. The molecule has 1 saturated carbocycles. The molecule has 0 amide bonds. The molecule has 0 aliphatic heterocycles. The summed E-state index contributed by atoms with van der Waals surface area (Å²) >= 11 is 0. The Kier molecular flexibility index (Phi) is 2.26. The Hall–Kier alpha value is -0.460. The van der Waals surface area contributed by atoms with Gasteiger partial charge in [0.05, 0.1) is 0 Å². The Morgan fingerprint density at radius 3 is 2.55 bits per heavy atom. The first kappa shape index (κ1) is 8.63. The van der Waals surface area contributed by atoms with Gasteiger partial charge in [-0.2, -0.15) is 0 Å². The highest BCUT2D eigenvalue weighted by atomic mass is 15.2. The van der Waals surface area contributed by atoms with E-state index in [-0.39, 0.29) is 0 Å². The average Bonchev–Trinajstić information content (AvgIpc) is 2.78. The maximum atomic E-state index is 3.81. The zero-order valence-corrected chi connectivity index (χ0v) is 7.93. The lowest BCUT2D eigenvalue weighted by Gasteiger charge is -2.26. The number of rotatable bonds is 4. The molecule has 2 atom stereocenters. The molecule has 0 saturated heterocycles. The molecule has 0 N–H and O–H groups in total. The van der Waals surface area contributed by atoms with Gasteiger partial charge in [-0.1, -0.05) is 26.8 Å². The van der Waals surface area contributed by atoms with Gasteiger partial charge in [0.1, 0.15) is 0 Å². The van der Waals surface area contributed by atoms with Crippen LogP contribution in [0.15, 0.2) is 12.8 Å². The van der Waals surface area contributed by atoms with Crippen LogP contribution in [0.5, 0.6) is 0 Å². The van der Waals surface area contributed by atoms with Gasteiger partial charge in [-0.25, -0.2) is 0 Å². The van der Waals surface area contributed by atoms with Gasteiger partial charge in [0.25, 0.3) is 0 Å². The molecule has 2 unspecified atom stereocenters. The second-order valence-electron chi connectivity index (χ2n) is 3.56. The molecule has 0 spiro atoms. The van der Waals surface area contributed by atoms with Crippen molar-refractivity contribution in [1.29, 1.82) is 0 Å². The minimum atomic E-state index is 0.483. The Morgan fingerprint density at radius 2 is 2.27 bits per heavy atom. The molecule has 0 bridgehead atoms. The first-order valence-electron chi connectivity index (χ1n) is 4.56. The number of hydrogen-bond acceptors (Lipinski definition) is 1. The highest BCUT2D eigenvalue weighted by molar-refractivity contribution is 5.11. The summed E-state index contributed by atoms with van der Waals surface area (Å²) in [6.45, 7) is 8.36. The third-order valence-corrected chi connectivity index (χ3v) is 3.28. The van der Waals surface area contributed by atoms with Gasteiger partial charge in [-0.05, 0) is 25.0 Å². The molecular weight excluding hydrogens is 134 g/mol. The van der Waals surface area contributed by atoms with Gasteiger partial charge in [-0.3, -0.25) is 0 Å². The van der Waals surface area contributed by atoms with Crippen LogP contribution in [0.25, 0.3) is 0 Å². The molecule has 0 aromatic heterocycles. The van der Waals surface area contributed by atoms with Gasteiger partial charge < -0.3 is 4.90 Å². The van der Waals surface area contributed by atoms with Gasteiger partial charge >= 0.3 is 0 Å². The van der Waals surface area contributed by atoms with Crippen LogP contribution >= 0.6 is 0 Å². The first-order chi connectivity index (χ1) is 5.21. The van der Waals surface area contributed by atoms with Crippen molar-refractivity contribution in [2.24, 2.45) is 5.92 Å². The SMILES string of the molecule is C=CN(C)C1(CC)CC1CC. The van der Waals surface area contributed by atoms with Crippen molar-refractivity contribution in [3.63, 3.8) is 0 Å². The quantitative estimate of drug-likeness (QED) is 0.600. The molecule has 1 aliphatic rings. The van der Waals surface area contributed by atoms with Gasteiger partial charge in [-0.15, -0.1) is 0 Å². The topological polar surface area (TPSA) is 3.24 Å². The molecule has 1 aliphatic carbocycles. The highest BCUT2D eigenvalue weighted by Crippen LogP contribution is 2.52. The second kappa shape index (κ2) is 2.88. The minimum Gasteiger partial charge on any atom is -0.375 e. The van der Waals surface area contributed by atoms with E-state index in [1.807, 2.05) is 6.20 Å². The molecular formula is C10H19N. The Labute approximate surface area is 70.1 Å².